The standard InChI is InChI=1S/C24H28FN3O3S/c1-18-5-10-24(19(2)16-18)32(29,30)26-17-22(23-4-3-15-31-23)28-13-11-27(12-14-28)21-8-6-20(25)7-9-21/h3-10,15-16,22,26H,11-14,17H2,1-2H3. The van der Waals surface area contributed by atoms with Crippen molar-refractivity contribution in [2.24, 2.45) is 0 Å². The van der Waals surface area contributed by atoms with E-state index in [1.54, 1.807) is 37.5 Å². The highest BCUT2D eigenvalue weighted by Crippen LogP contribution is 2.25. The first-order chi connectivity index (χ1) is 15.3. The topological polar surface area (TPSA) is 65.8 Å². The molecule has 8 heteroatoms. The smallest absolute Gasteiger partial charge is 0.240 e. The van der Waals surface area contributed by atoms with Crippen molar-refractivity contribution in [3.05, 3.63) is 83.6 Å². The third-order valence-corrected chi connectivity index (χ3v) is 7.49. The molecule has 1 atom stereocenters. The van der Waals surface area contributed by atoms with Gasteiger partial charge < -0.3 is 9.32 Å². The molecule has 3 aromatic rings. The number of rotatable bonds is 7. The molecule has 0 amide bonds. The molecule has 2 heterocycles. The molecular weight excluding hydrogens is 429 g/mol. The molecule has 0 aliphatic carbocycles. The maximum atomic E-state index is 13.2. The minimum atomic E-state index is -3.65. The fraction of sp³-hybridized carbons (Fsp3) is 0.333. The zero-order chi connectivity index (χ0) is 22.7. The van der Waals surface area contributed by atoms with Gasteiger partial charge in [-0.2, -0.15) is 0 Å². The van der Waals surface area contributed by atoms with Crippen molar-refractivity contribution in [2.45, 2.75) is 24.8 Å². The van der Waals surface area contributed by atoms with Crippen LogP contribution in [-0.2, 0) is 10.0 Å². The number of nitrogens with zero attached hydrogens (tertiary/aromatic N) is 2. The summed E-state index contributed by atoms with van der Waals surface area (Å²) in [6.07, 6.45) is 1.61. The molecule has 0 spiro atoms. The summed E-state index contributed by atoms with van der Waals surface area (Å²) in [5.74, 6) is 0.477. The van der Waals surface area contributed by atoms with Crippen molar-refractivity contribution in [1.29, 1.82) is 0 Å². The largest absolute Gasteiger partial charge is 0.468 e. The van der Waals surface area contributed by atoms with Gasteiger partial charge in [0, 0.05) is 38.4 Å². The average molecular weight is 458 g/mol. The maximum Gasteiger partial charge on any atom is 0.240 e. The molecule has 1 fully saturated rings. The molecular formula is C24H28FN3O3S. The number of aryl methyl sites for hydroxylation is 2. The summed E-state index contributed by atoms with van der Waals surface area (Å²) in [5, 5.41) is 0. The lowest BCUT2D eigenvalue weighted by atomic mass is 10.1. The number of hydrogen-bond donors (Lipinski definition) is 1. The molecule has 1 aromatic heterocycles. The SMILES string of the molecule is Cc1ccc(S(=O)(=O)NCC(c2ccco2)N2CCN(c3ccc(F)cc3)CC2)c(C)c1. The van der Waals surface area contributed by atoms with Crippen LogP contribution in [0.5, 0.6) is 0 Å². The van der Waals surface area contributed by atoms with E-state index in [1.807, 2.05) is 25.1 Å². The molecule has 6 nitrogen and oxygen atoms in total. The summed E-state index contributed by atoms with van der Waals surface area (Å²) in [4.78, 5) is 4.72. The number of halogens is 1. The Bertz CT molecular complexity index is 1140. The molecule has 4 rings (SSSR count). The van der Waals surface area contributed by atoms with Crippen LogP contribution in [-0.4, -0.2) is 46.0 Å². The highest BCUT2D eigenvalue weighted by molar-refractivity contribution is 7.89. The van der Waals surface area contributed by atoms with Gasteiger partial charge in [0.15, 0.2) is 0 Å². The van der Waals surface area contributed by atoms with Crippen LogP contribution in [0.15, 0.2) is 70.2 Å². The average Bonchev–Trinajstić information content (AvgIpc) is 3.29. The predicted molar refractivity (Wildman–Crippen MR) is 123 cm³/mol. The predicted octanol–water partition coefficient (Wildman–Crippen LogP) is 3.88. The monoisotopic (exact) mass is 457 g/mol. The lowest BCUT2D eigenvalue weighted by molar-refractivity contribution is 0.166. The first-order valence-corrected chi connectivity index (χ1v) is 12.2. The fourth-order valence-corrected chi connectivity index (χ4v) is 5.46. The summed E-state index contributed by atoms with van der Waals surface area (Å²) in [6.45, 7) is 6.93. The molecule has 0 bridgehead atoms. The quantitative estimate of drug-likeness (QED) is 0.583. The fourth-order valence-electron chi connectivity index (χ4n) is 4.20. The Balaban J connectivity index is 1.46. The van der Waals surface area contributed by atoms with Gasteiger partial charge in [-0.25, -0.2) is 17.5 Å². The zero-order valence-corrected chi connectivity index (χ0v) is 19.1. The first kappa shape index (κ1) is 22.5. The van der Waals surface area contributed by atoms with Crippen LogP contribution in [0.3, 0.4) is 0 Å². The van der Waals surface area contributed by atoms with Crippen LogP contribution in [0.1, 0.15) is 22.9 Å². The molecule has 1 unspecified atom stereocenters. The molecule has 1 aliphatic heterocycles. The highest BCUT2D eigenvalue weighted by Gasteiger charge is 2.29. The van der Waals surface area contributed by atoms with Gasteiger partial charge in [0.25, 0.3) is 0 Å². The van der Waals surface area contributed by atoms with E-state index in [2.05, 4.69) is 14.5 Å². The Morgan fingerprint density at radius 3 is 2.38 bits per heavy atom. The lowest BCUT2D eigenvalue weighted by Gasteiger charge is -2.39. The van der Waals surface area contributed by atoms with Gasteiger partial charge >= 0.3 is 0 Å². The molecule has 170 valence electrons. The van der Waals surface area contributed by atoms with Crippen LogP contribution in [0.25, 0.3) is 0 Å². The lowest BCUT2D eigenvalue weighted by Crippen LogP contribution is -2.49. The molecule has 0 radical (unpaired) electrons. The maximum absolute atomic E-state index is 13.2. The number of hydrogen-bond acceptors (Lipinski definition) is 5. The Labute approximate surface area is 188 Å². The summed E-state index contributed by atoms with van der Waals surface area (Å²) in [6, 6.07) is 15.3. The minimum absolute atomic E-state index is 0.208. The van der Waals surface area contributed by atoms with Crippen molar-refractivity contribution in [3.8, 4) is 0 Å². The number of furan rings is 1. The molecule has 0 saturated carbocycles. The molecule has 1 saturated heterocycles. The molecule has 2 aromatic carbocycles. The Hall–Kier alpha value is -2.68. The van der Waals surface area contributed by atoms with Crippen molar-refractivity contribution < 1.29 is 17.2 Å². The Kier molecular flexibility index (Phi) is 6.64. The number of piperazine rings is 1. The number of sulfonamides is 1. The van der Waals surface area contributed by atoms with Gasteiger partial charge in [-0.15, -0.1) is 0 Å². The number of anilines is 1. The van der Waals surface area contributed by atoms with Gasteiger partial charge in [-0.3, -0.25) is 4.90 Å². The first-order valence-electron chi connectivity index (χ1n) is 10.7. The zero-order valence-electron chi connectivity index (χ0n) is 18.3. The van der Waals surface area contributed by atoms with Crippen molar-refractivity contribution in [3.63, 3.8) is 0 Å². The van der Waals surface area contributed by atoms with Crippen LogP contribution in [0.2, 0.25) is 0 Å². The second-order valence-corrected chi connectivity index (χ2v) is 9.89. The second-order valence-electron chi connectivity index (χ2n) is 8.15. The minimum Gasteiger partial charge on any atom is -0.468 e. The van der Waals surface area contributed by atoms with Gasteiger partial charge in [0.1, 0.15) is 11.6 Å². The Morgan fingerprint density at radius 2 is 1.75 bits per heavy atom. The number of nitrogens with one attached hydrogen (secondary N) is 1. The van der Waals surface area contributed by atoms with E-state index in [0.29, 0.717) is 4.90 Å². The van der Waals surface area contributed by atoms with Gasteiger partial charge in [0.2, 0.25) is 10.0 Å². The van der Waals surface area contributed by atoms with Crippen LogP contribution in [0.4, 0.5) is 10.1 Å². The van der Waals surface area contributed by atoms with E-state index >= 15 is 0 Å². The second kappa shape index (κ2) is 9.44. The van der Waals surface area contributed by atoms with Crippen LogP contribution >= 0.6 is 0 Å². The normalized spacial score (nSPS) is 16.3. The third kappa shape index (κ3) is 5.03. The van der Waals surface area contributed by atoms with E-state index in [1.165, 1.54) is 12.1 Å². The van der Waals surface area contributed by atoms with E-state index in [4.69, 9.17) is 4.42 Å². The van der Waals surface area contributed by atoms with E-state index in [9.17, 15) is 12.8 Å². The third-order valence-electron chi connectivity index (χ3n) is 5.91. The summed E-state index contributed by atoms with van der Waals surface area (Å²) >= 11 is 0. The van der Waals surface area contributed by atoms with E-state index in [-0.39, 0.29) is 18.4 Å². The van der Waals surface area contributed by atoms with E-state index < -0.39 is 10.0 Å². The summed E-state index contributed by atoms with van der Waals surface area (Å²) in [7, 11) is -3.65. The summed E-state index contributed by atoms with van der Waals surface area (Å²) < 4.78 is 47.6. The Morgan fingerprint density at radius 1 is 1.03 bits per heavy atom. The number of benzene rings is 2. The summed E-state index contributed by atoms with van der Waals surface area (Å²) in [5.41, 5.74) is 2.73. The van der Waals surface area contributed by atoms with Gasteiger partial charge in [-0.1, -0.05) is 17.7 Å². The highest BCUT2D eigenvalue weighted by atomic mass is 32.2. The van der Waals surface area contributed by atoms with E-state index in [0.717, 1.165) is 48.8 Å². The van der Waals surface area contributed by atoms with Gasteiger partial charge in [0.05, 0.1) is 17.2 Å². The molecule has 1 aliphatic rings. The van der Waals surface area contributed by atoms with Crippen LogP contribution < -0.4 is 9.62 Å². The van der Waals surface area contributed by atoms with Crippen molar-refractivity contribution in [2.75, 3.05) is 37.6 Å². The molecule has 32 heavy (non-hydrogen) atoms. The van der Waals surface area contributed by atoms with Crippen molar-refractivity contribution >= 4 is 15.7 Å². The van der Waals surface area contributed by atoms with Crippen LogP contribution in [0, 0.1) is 19.7 Å². The van der Waals surface area contributed by atoms with Crippen molar-refractivity contribution in [1.82, 2.24) is 9.62 Å². The van der Waals surface area contributed by atoms with Gasteiger partial charge in [-0.05, 0) is 61.9 Å². The molecule has 1 N–H and O–H groups in total.